The topological polar surface area (TPSA) is 56.8 Å². The van der Waals surface area contributed by atoms with Crippen molar-refractivity contribution in [3.05, 3.63) is 23.2 Å². The highest BCUT2D eigenvalue weighted by Gasteiger charge is 2.31. The monoisotopic (exact) mass is 343 g/mol. The van der Waals surface area contributed by atoms with Gasteiger partial charge in [0.2, 0.25) is 0 Å². The van der Waals surface area contributed by atoms with Gasteiger partial charge < -0.3 is 19.5 Å². The summed E-state index contributed by atoms with van der Waals surface area (Å²) in [5, 5.41) is 3.27. The molecule has 0 spiro atoms. The van der Waals surface area contributed by atoms with Crippen molar-refractivity contribution >= 4 is 23.2 Å². The summed E-state index contributed by atoms with van der Waals surface area (Å²) in [5.41, 5.74) is -0.255. The van der Waals surface area contributed by atoms with Crippen LogP contribution >= 0.6 is 11.6 Å². The molecule has 0 aromatic heterocycles. The van der Waals surface area contributed by atoms with Crippen molar-refractivity contribution in [2.75, 3.05) is 25.6 Å². The zero-order valence-corrected chi connectivity index (χ0v) is 15.2. The zero-order valence-electron chi connectivity index (χ0n) is 14.4. The Labute approximate surface area is 143 Å². The van der Waals surface area contributed by atoms with Crippen LogP contribution in [0.2, 0.25) is 5.02 Å². The summed E-state index contributed by atoms with van der Waals surface area (Å²) in [6.07, 6.45) is 0.468. The minimum atomic E-state index is -0.858. The Morgan fingerprint density at radius 3 is 2.61 bits per heavy atom. The molecule has 1 N–H and O–H groups in total. The van der Waals surface area contributed by atoms with Crippen molar-refractivity contribution < 1.29 is 19.0 Å². The fraction of sp³-hybridized carbons (Fsp3) is 0.588. The van der Waals surface area contributed by atoms with Gasteiger partial charge in [-0.1, -0.05) is 18.5 Å². The molecule has 1 rings (SSSR count). The van der Waals surface area contributed by atoms with E-state index in [1.165, 1.54) is 0 Å². The normalized spacial score (nSPS) is 14.9. The van der Waals surface area contributed by atoms with Crippen LogP contribution in [0.15, 0.2) is 18.2 Å². The molecule has 0 saturated heterocycles. The number of hydrogen-bond acceptors (Lipinski definition) is 4. The molecular formula is C17H26ClNO4. The zero-order chi connectivity index (χ0) is 17.5. The van der Waals surface area contributed by atoms with Gasteiger partial charge in [0, 0.05) is 19.4 Å². The standard InChI is InChI=1S/C17H26ClNO4/c1-6-17(4,22-7-2)16(20)19-13-8-9-15(14(18)10-13)23-12(3)11-21-5/h8-10,12H,6-7,11H2,1-5H3,(H,19,20). The number of halogens is 1. The third-order valence-corrected chi connectivity index (χ3v) is 3.83. The lowest BCUT2D eigenvalue weighted by Gasteiger charge is -2.26. The largest absolute Gasteiger partial charge is 0.487 e. The number of carbonyl (C=O) groups is 1. The Balaban J connectivity index is 2.79. The van der Waals surface area contributed by atoms with E-state index in [1.807, 2.05) is 20.8 Å². The molecule has 0 aliphatic heterocycles. The fourth-order valence-electron chi connectivity index (χ4n) is 2.07. The van der Waals surface area contributed by atoms with Crippen LogP contribution < -0.4 is 10.1 Å². The summed E-state index contributed by atoms with van der Waals surface area (Å²) in [5.74, 6) is 0.358. The maximum absolute atomic E-state index is 12.4. The molecule has 0 heterocycles. The number of amides is 1. The molecule has 0 bridgehead atoms. The summed E-state index contributed by atoms with van der Waals surface area (Å²) < 4.78 is 16.3. The van der Waals surface area contributed by atoms with E-state index in [0.717, 1.165) is 0 Å². The van der Waals surface area contributed by atoms with Crippen molar-refractivity contribution in [2.45, 2.75) is 45.8 Å². The maximum Gasteiger partial charge on any atom is 0.256 e. The highest BCUT2D eigenvalue weighted by atomic mass is 35.5. The predicted molar refractivity (Wildman–Crippen MR) is 92.4 cm³/mol. The van der Waals surface area contributed by atoms with E-state index in [4.69, 9.17) is 25.8 Å². The molecule has 0 aliphatic rings. The van der Waals surface area contributed by atoms with Gasteiger partial charge in [-0.2, -0.15) is 0 Å². The van der Waals surface area contributed by atoms with Gasteiger partial charge in [0.15, 0.2) is 0 Å². The van der Waals surface area contributed by atoms with Gasteiger partial charge in [0.05, 0.1) is 11.6 Å². The average Bonchev–Trinajstić information content (AvgIpc) is 2.50. The Morgan fingerprint density at radius 2 is 2.09 bits per heavy atom. The van der Waals surface area contributed by atoms with Crippen LogP contribution in [0.3, 0.4) is 0 Å². The van der Waals surface area contributed by atoms with Crippen LogP contribution in [0.4, 0.5) is 5.69 Å². The average molecular weight is 344 g/mol. The third kappa shape index (κ3) is 5.68. The molecule has 0 radical (unpaired) electrons. The van der Waals surface area contributed by atoms with E-state index < -0.39 is 5.60 Å². The van der Waals surface area contributed by atoms with Crippen LogP contribution in [0.1, 0.15) is 34.1 Å². The first kappa shape index (κ1) is 19.7. The van der Waals surface area contributed by atoms with Crippen molar-refractivity contribution in [2.24, 2.45) is 0 Å². The second-order valence-corrected chi connectivity index (χ2v) is 5.91. The van der Waals surface area contributed by atoms with Gasteiger partial charge in [-0.15, -0.1) is 0 Å². The van der Waals surface area contributed by atoms with E-state index in [-0.39, 0.29) is 12.0 Å². The van der Waals surface area contributed by atoms with Gasteiger partial charge in [-0.25, -0.2) is 0 Å². The first-order chi connectivity index (χ1) is 10.9. The molecular weight excluding hydrogens is 318 g/mol. The summed E-state index contributed by atoms with van der Waals surface area (Å²) in [6.45, 7) is 8.39. The van der Waals surface area contributed by atoms with Crippen LogP contribution in [-0.2, 0) is 14.3 Å². The van der Waals surface area contributed by atoms with Crippen LogP contribution in [0.5, 0.6) is 5.75 Å². The summed E-state index contributed by atoms with van der Waals surface area (Å²) >= 11 is 6.22. The Bertz CT molecular complexity index is 523. The highest BCUT2D eigenvalue weighted by Crippen LogP contribution is 2.29. The molecule has 23 heavy (non-hydrogen) atoms. The van der Waals surface area contributed by atoms with Crippen molar-refractivity contribution in [1.29, 1.82) is 0 Å². The van der Waals surface area contributed by atoms with Crippen molar-refractivity contribution in [3.63, 3.8) is 0 Å². The predicted octanol–water partition coefficient (Wildman–Crippen LogP) is 3.90. The molecule has 0 saturated carbocycles. The molecule has 130 valence electrons. The number of ether oxygens (including phenoxy) is 3. The quantitative estimate of drug-likeness (QED) is 0.738. The second-order valence-electron chi connectivity index (χ2n) is 5.50. The molecule has 1 aromatic carbocycles. The first-order valence-electron chi connectivity index (χ1n) is 7.76. The van der Waals surface area contributed by atoms with E-state index in [1.54, 1.807) is 32.2 Å². The van der Waals surface area contributed by atoms with E-state index in [0.29, 0.717) is 36.1 Å². The number of carbonyl (C=O) groups excluding carboxylic acids is 1. The fourth-order valence-corrected chi connectivity index (χ4v) is 2.29. The number of hydrogen-bond donors (Lipinski definition) is 1. The number of anilines is 1. The van der Waals surface area contributed by atoms with Crippen LogP contribution in [0.25, 0.3) is 0 Å². The molecule has 2 atom stereocenters. The number of benzene rings is 1. The molecule has 5 nitrogen and oxygen atoms in total. The molecule has 1 amide bonds. The lowest BCUT2D eigenvalue weighted by molar-refractivity contribution is -0.139. The first-order valence-corrected chi connectivity index (χ1v) is 8.14. The molecule has 0 aliphatic carbocycles. The Hall–Kier alpha value is -1.30. The van der Waals surface area contributed by atoms with E-state index in [9.17, 15) is 4.79 Å². The molecule has 0 fully saturated rings. The summed E-state index contributed by atoms with van der Waals surface area (Å²) in [6, 6.07) is 5.14. The summed E-state index contributed by atoms with van der Waals surface area (Å²) in [4.78, 5) is 12.4. The van der Waals surface area contributed by atoms with Crippen molar-refractivity contribution in [3.8, 4) is 5.75 Å². The van der Waals surface area contributed by atoms with Gasteiger partial charge in [0.1, 0.15) is 17.5 Å². The summed E-state index contributed by atoms with van der Waals surface area (Å²) in [7, 11) is 1.61. The van der Waals surface area contributed by atoms with Gasteiger partial charge in [-0.3, -0.25) is 4.79 Å². The van der Waals surface area contributed by atoms with E-state index in [2.05, 4.69) is 5.32 Å². The molecule has 1 aromatic rings. The lowest BCUT2D eigenvalue weighted by Crippen LogP contribution is -2.42. The molecule has 2 unspecified atom stereocenters. The minimum absolute atomic E-state index is 0.112. The second kappa shape index (κ2) is 9.11. The smallest absolute Gasteiger partial charge is 0.256 e. The van der Waals surface area contributed by atoms with Gasteiger partial charge >= 0.3 is 0 Å². The van der Waals surface area contributed by atoms with Crippen LogP contribution in [-0.4, -0.2) is 37.9 Å². The number of nitrogens with one attached hydrogen (secondary N) is 1. The van der Waals surface area contributed by atoms with Crippen LogP contribution in [0, 0.1) is 0 Å². The van der Waals surface area contributed by atoms with E-state index >= 15 is 0 Å². The number of methoxy groups -OCH3 is 1. The third-order valence-electron chi connectivity index (χ3n) is 3.54. The SMILES string of the molecule is CCOC(C)(CC)C(=O)Nc1ccc(OC(C)COC)c(Cl)c1. The van der Waals surface area contributed by atoms with Gasteiger partial charge in [-0.05, 0) is 45.4 Å². The number of rotatable bonds is 9. The van der Waals surface area contributed by atoms with Gasteiger partial charge in [0.25, 0.3) is 5.91 Å². The lowest BCUT2D eigenvalue weighted by atomic mass is 10.0. The maximum atomic E-state index is 12.4. The molecule has 6 heteroatoms. The Kier molecular flexibility index (Phi) is 7.82. The highest BCUT2D eigenvalue weighted by molar-refractivity contribution is 6.32. The van der Waals surface area contributed by atoms with Crippen molar-refractivity contribution in [1.82, 2.24) is 0 Å². The Morgan fingerprint density at radius 1 is 1.39 bits per heavy atom. The minimum Gasteiger partial charge on any atom is -0.487 e.